The van der Waals surface area contributed by atoms with Gasteiger partial charge >= 0.3 is 0 Å². The van der Waals surface area contributed by atoms with Gasteiger partial charge in [0, 0.05) is 16.6 Å². The molecule has 1 amide bonds. The summed E-state index contributed by atoms with van der Waals surface area (Å²) in [4.78, 5) is 12.5. The number of carbonyl (C=O) groups excluding carboxylic acids is 1. The molecule has 26 heavy (non-hydrogen) atoms. The Bertz CT molecular complexity index is 995. The number of nitrogens with one attached hydrogen (secondary N) is 2. The molecule has 0 atom stereocenters. The van der Waals surface area contributed by atoms with Gasteiger partial charge in [-0.25, -0.2) is 0 Å². The molecular weight excluding hydrogens is 326 g/mol. The van der Waals surface area contributed by atoms with Gasteiger partial charge in [0.25, 0.3) is 5.91 Å². The average molecular weight is 345 g/mol. The van der Waals surface area contributed by atoms with Crippen molar-refractivity contribution in [2.24, 2.45) is 0 Å². The topological polar surface area (TPSA) is 82.7 Å². The van der Waals surface area contributed by atoms with Gasteiger partial charge in [-0.15, -0.1) is 0 Å². The molecule has 2 heterocycles. The third-order valence-corrected chi connectivity index (χ3v) is 4.76. The van der Waals surface area contributed by atoms with Crippen LogP contribution in [0.25, 0.3) is 10.9 Å². The Morgan fingerprint density at radius 1 is 1.23 bits per heavy atom. The van der Waals surface area contributed by atoms with Gasteiger partial charge in [-0.1, -0.05) is 6.07 Å². The van der Waals surface area contributed by atoms with Crippen molar-refractivity contribution in [3.8, 4) is 6.07 Å². The Balaban J connectivity index is 1.60. The van der Waals surface area contributed by atoms with E-state index in [-0.39, 0.29) is 5.91 Å². The highest BCUT2D eigenvalue weighted by atomic mass is 16.1. The van der Waals surface area contributed by atoms with Gasteiger partial charge in [-0.3, -0.25) is 9.48 Å². The predicted molar refractivity (Wildman–Crippen MR) is 100.0 cm³/mol. The second-order valence-electron chi connectivity index (χ2n) is 6.49. The SMILES string of the molecule is N#Cc1cccc(C(=O)Nc2ccc3cnn(C4CCNCC4)c3c2)c1. The molecule has 1 aromatic heterocycles. The van der Waals surface area contributed by atoms with Crippen LogP contribution in [-0.2, 0) is 0 Å². The number of benzene rings is 2. The molecule has 0 radical (unpaired) electrons. The van der Waals surface area contributed by atoms with Crippen LogP contribution >= 0.6 is 0 Å². The van der Waals surface area contributed by atoms with Crippen molar-refractivity contribution in [2.45, 2.75) is 18.9 Å². The van der Waals surface area contributed by atoms with Crippen molar-refractivity contribution >= 4 is 22.5 Å². The quantitative estimate of drug-likeness (QED) is 0.764. The van der Waals surface area contributed by atoms with Gasteiger partial charge in [0.05, 0.1) is 29.4 Å². The normalized spacial score (nSPS) is 14.9. The third kappa shape index (κ3) is 3.17. The van der Waals surface area contributed by atoms with Gasteiger partial charge in [0.2, 0.25) is 0 Å². The number of piperidine rings is 1. The molecule has 3 aromatic rings. The molecule has 0 aliphatic carbocycles. The van der Waals surface area contributed by atoms with E-state index in [4.69, 9.17) is 5.26 Å². The van der Waals surface area contributed by atoms with Crippen molar-refractivity contribution in [3.63, 3.8) is 0 Å². The van der Waals surface area contributed by atoms with Crippen molar-refractivity contribution in [3.05, 3.63) is 59.8 Å². The van der Waals surface area contributed by atoms with Crippen LogP contribution in [0.4, 0.5) is 5.69 Å². The minimum Gasteiger partial charge on any atom is -0.322 e. The molecule has 0 unspecified atom stereocenters. The monoisotopic (exact) mass is 345 g/mol. The fraction of sp³-hybridized carbons (Fsp3) is 0.250. The molecular formula is C20H19N5O. The maximum atomic E-state index is 12.5. The second kappa shape index (κ2) is 6.98. The number of amides is 1. The number of hydrogen-bond donors (Lipinski definition) is 2. The summed E-state index contributed by atoms with van der Waals surface area (Å²) in [5.41, 5.74) is 2.69. The number of aromatic nitrogens is 2. The Kier molecular flexibility index (Phi) is 4.38. The molecule has 0 saturated carbocycles. The van der Waals surface area contributed by atoms with Gasteiger partial charge < -0.3 is 10.6 Å². The summed E-state index contributed by atoms with van der Waals surface area (Å²) < 4.78 is 2.07. The Morgan fingerprint density at radius 3 is 2.88 bits per heavy atom. The first-order chi connectivity index (χ1) is 12.7. The second-order valence-corrected chi connectivity index (χ2v) is 6.49. The summed E-state index contributed by atoms with van der Waals surface area (Å²) in [5, 5.41) is 20.9. The number of carbonyl (C=O) groups is 1. The number of rotatable bonds is 3. The fourth-order valence-corrected chi connectivity index (χ4v) is 3.39. The molecule has 2 aromatic carbocycles. The van der Waals surface area contributed by atoms with Crippen LogP contribution in [0, 0.1) is 11.3 Å². The predicted octanol–water partition coefficient (Wildman–Crippen LogP) is 3.08. The van der Waals surface area contributed by atoms with Crippen molar-refractivity contribution in [1.29, 1.82) is 5.26 Å². The van der Waals surface area contributed by atoms with Crippen molar-refractivity contribution in [2.75, 3.05) is 18.4 Å². The van der Waals surface area contributed by atoms with Crippen LogP contribution in [0.15, 0.2) is 48.7 Å². The minimum absolute atomic E-state index is 0.227. The van der Waals surface area contributed by atoms with E-state index in [0.717, 1.165) is 42.5 Å². The molecule has 1 aliphatic heterocycles. The molecule has 0 bridgehead atoms. The lowest BCUT2D eigenvalue weighted by atomic mass is 10.1. The maximum Gasteiger partial charge on any atom is 0.255 e. The van der Waals surface area contributed by atoms with E-state index < -0.39 is 0 Å². The average Bonchev–Trinajstić information content (AvgIpc) is 3.12. The number of fused-ring (bicyclic) bond motifs is 1. The van der Waals surface area contributed by atoms with Gasteiger partial charge in [0.1, 0.15) is 0 Å². The number of nitriles is 1. The summed E-state index contributed by atoms with van der Waals surface area (Å²) in [7, 11) is 0. The first-order valence-electron chi connectivity index (χ1n) is 8.74. The molecule has 6 nitrogen and oxygen atoms in total. The lowest BCUT2D eigenvalue weighted by Crippen LogP contribution is -2.29. The molecule has 6 heteroatoms. The third-order valence-electron chi connectivity index (χ3n) is 4.76. The molecule has 0 spiro atoms. The first-order valence-corrected chi connectivity index (χ1v) is 8.74. The Morgan fingerprint density at radius 2 is 2.08 bits per heavy atom. The lowest BCUT2D eigenvalue weighted by molar-refractivity contribution is 0.102. The maximum absolute atomic E-state index is 12.5. The van der Waals surface area contributed by atoms with E-state index in [1.807, 2.05) is 24.4 Å². The minimum atomic E-state index is -0.227. The van der Waals surface area contributed by atoms with E-state index >= 15 is 0 Å². The zero-order chi connectivity index (χ0) is 17.9. The van der Waals surface area contributed by atoms with Crippen molar-refractivity contribution < 1.29 is 4.79 Å². The lowest BCUT2D eigenvalue weighted by Gasteiger charge is -2.23. The van der Waals surface area contributed by atoms with E-state index in [9.17, 15) is 4.79 Å². The highest BCUT2D eigenvalue weighted by Crippen LogP contribution is 2.26. The number of nitrogens with zero attached hydrogens (tertiary/aromatic N) is 3. The molecule has 1 fully saturated rings. The summed E-state index contributed by atoms with van der Waals surface area (Å²) in [6.45, 7) is 2.00. The highest BCUT2D eigenvalue weighted by molar-refractivity contribution is 6.05. The fourth-order valence-electron chi connectivity index (χ4n) is 3.39. The van der Waals surface area contributed by atoms with Crippen LogP contribution in [-0.4, -0.2) is 28.8 Å². The van der Waals surface area contributed by atoms with Crippen LogP contribution in [0.3, 0.4) is 0 Å². The molecule has 1 saturated heterocycles. The van der Waals surface area contributed by atoms with Gasteiger partial charge in [-0.2, -0.15) is 10.4 Å². The van der Waals surface area contributed by atoms with E-state index in [1.165, 1.54) is 0 Å². The summed E-state index contributed by atoms with van der Waals surface area (Å²) >= 11 is 0. The zero-order valence-electron chi connectivity index (χ0n) is 14.3. The van der Waals surface area contributed by atoms with Crippen LogP contribution in [0.1, 0.15) is 34.8 Å². The van der Waals surface area contributed by atoms with E-state index in [1.54, 1.807) is 24.3 Å². The largest absolute Gasteiger partial charge is 0.322 e. The number of hydrogen-bond acceptors (Lipinski definition) is 4. The van der Waals surface area contributed by atoms with Crippen LogP contribution in [0.2, 0.25) is 0 Å². The summed E-state index contributed by atoms with van der Waals surface area (Å²) in [6, 6.07) is 14.9. The summed E-state index contributed by atoms with van der Waals surface area (Å²) in [5.74, 6) is -0.227. The van der Waals surface area contributed by atoms with Gasteiger partial charge in [0.15, 0.2) is 0 Å². The Hall–Kier alpha value is -3.17. The molecule has 2 N–H and O–H groups in total. The highest BCUT2D eigenvalue weighted by Gasteiger charge is 2.18. The smallest absolute Gasteiger partial charge is 0.255 e. The molecule has 4 rings (SSSR count). The van der Waals surface area contributed by atoms with Gasteiger partial charge in [-0.05, 0) is 62.3 Å². The van der Waals surface area contributed by atoms with E-state index in [2.05, 4.69) is 26.5 Å². The molecule has 130 valence electrons. The van der Waals surface area contributed by atoms with Crippen molar-refractivity contribution in [1.82, 2.24) is 15.1 Å². The Labute approximate surface area is 151 Å². The summed E-state index contributed by atoms with van der Waals surface area (Å²) in [6.07, 6.45) is 3.97. The van der Waals surface area contributed by atoms with Crippen LogP contribution < -0.4 is 10.6 Å². The number of anilines is 1. The molecule has 1 aliphatic rings. The van der Waals surface area contributed by atoms with E-state index in [0.29, 0.717) is 17.2 Å². The first kappa shape index (κ1) is 16.3. The van der Waals surface area contributed by atoms with Crippen LogP contribution in [0.5, 0.6) is 0 Å². The zero-order valence-corrected chi connectivity index (χ0v) is 14.3. The standard InChI is InChI=1S/C20H19N5O/c21-12-14-2-1-3-15(10-14)20(26)24-17-5-4-16-13-23-25(19(16)11-17)18-6-8-22-9-7-18/h1-5,10-11,13,18,22H,6-9H2,(H,24,26).